The van der Waals surface area contributed by atoms with Crippen molar-refractivity contribution in [2.24, 2.45) is 0 Å². The third-order valence-corrected chi connectivity index (χ3v) is 4.68. The monoisotopic (exact) mass is 360 g/mol. The fourth-order valence-electron chi connectivity index (χ4n) is 2.69. The van der Waals surface area contributed by atoms with Gasteiger partial charge >= 0.3 is 0 Å². The van der Waals surface area contributed by atoms with Gasteiger partial charge in [0.1, 0.15) is 18.2 Å². The Bertz CT molecular complexity index is 795. The molecular formula is C19H20Cl2N3+. The molecule has 3 rings (SSSR count). The Hall–Kier alpha value is -1.81. The summed E-state index contributed by atoms with van der Waals surface area (Å²) < 4.78 is 1.85. The number of hydrogen-bond donors (Lipinski definition) is 1. The molecule has 2 aromatic carbocycles. The van der Waals surface area contributed by atoms with E-state index < -0.39 is 0 Å². The molecule has 0 bridgehead atoms. The summed E-state index contributed by atoms with van der Waals surface area (Å²) in [5, 5.41) is 8.28. The van der Waals surface area contributed by atoms with E-state index in [0.717, 1.165) is 34.9 Å². The summed E-state index contributed by atoms with van der Waals surface area (Å²) in [5.74, 6) is 0. The average molecular weight is 361 g/mol. The third kappa shape index (κ3) is 4.18. The van der Waals surface area contributed by atoms with Gasteiger partial charge in [-0.25, -0.2) is 4.68 Å². The van der Waals surface area contributed by atoms with E-state index in [9.17, 15) is 0 Å². The van der Waals surface area contributed by atoms with Crippen molar-refractivity contribution in [3.8, 4) is 0 Å². The minimum Gasteiger partial charge on any atom is -0.339 e. The topological polar surface area (TPSA) is 34.4 Å². The molecule has 0 saturated carbocycles. The van der Waals surface area contributed by atoms with Gasteiger partial charge in [0.2, 0.25) is 0 Å². The maximum absolute atomic E-state index is 6.55. The molecule has 0 aliphatic carbocycles. The van der Waals surface area contributed by atoms with Crippen LogP contribution in [0.4, 0.5) is 0 Å². The predicted octanol–water partition coefficient (Wildman–Crippen LogP) is 3.81. The van der Waals surface area contributed by atoms with Gasteiger partial charge in [-0.3, -0.25) is 0 Å². The zero-order chi connectivity index (χ0) is 16.9. The molecule has 0 aliphatic rings. The fourth-order valence-corrected chi connectivity index (χ4v) is 3.12. The van der Waals surface area contributed by atoms with Crippen molar-refractivity contribution in [2.45, 2.75) is 26.6 Å². The van der Waals surface area contributed by atoms with Crippen LogP contribution in [0.25, 0.3) is 0 Å². The zero-order valence-corrected chi connectivity index (χ0v) is 15.1. The number of quaternary nitrogens is 1. The molecule has 3 nitrogen and oxygen atoms in total. The number of rotatable bonds is 6. The van der Waals surface area contributed by atoms with Gasteiger partial charge in [0.05, 0.1) is 17.8 Å². The van der Waals surface area contributed by atoms with Crippen LogP contribution in [0.3, 0.4) is 0 Å². The molecule has 124 valence electrons. The lowest BCUT2D eigenvalue weighted by molar-refractivity contribution is -0.686. The number of halogens is 2. The molecule has 0 atom stereocenters. The molecule has 0 fully saturated rings. The van der Waals surface area contributed by atoms with Crippen molar-refractivity contribution in [2.75, 3.05) is 0 Å². The smallest absolute Gasteiger partial charge is 0.136 e. The van der Waals surface area contributed by atoms with Gasteiger partial charge < -0.3 is 5.32 Å². The summed E-state index contributed by atoms with van der Waals surface area (Å²) >= 11 is 12.5. The number of aromatic nitrogens is 2. The summed E-state index contributed by atoms with van der Waals surface area (Å²) in [6.07, 6.45) is 0. The Morgan fingerprint density at radius 2 is 1.62 bits per heavy atom. The lowest BCUT2D eigenvalue weighted by Gasteiger charge is -2.05. The van der Waals surface area contributed by atoms with Crippen molar-refractivity contribution < 1.29 is 5.32 Å². The third-order valence-electron chi connectivity index (χ3n) is 4.00. The largest absolute Gasteiger partial charge is 0.339 e. The van der Waals surface area contributed by atoms with Crippen LogP contribution in [-0.4, -0.2) is 9.78 Å². The molecule has 1 aromatic heterocycles. The van der Waals surface area contributed by atoms with Gasteiger partial charge in [0.25, 0.3) is 0 Å². The van der Waals surface area contributed by atoms with E-state index in [1.54, 1.807) is 0 Å². The molecule has 0 spiro atoms. The first-order valence-corrected chi connectivity index (χ1v) is 8.71. The van der Waals surface area contributed by atoms with Crippen LogP contribution in [0.2, 0.25) is 10.2 Å². The van der Waals surface area contributed by atoms with E-state index in [1.165, 1.54) is 5.56 Å². The molecule has 2 N–H and O–H groups in total. The highest BCUT2D eigenvalue weighted by Gasteiger charge is 2.15. The first kappa shape index (κ1) is 17.0. The molecule has 0 saturated heterocycles. The highest BCUT2D eigenvalue weighted by Crippen LogP contribution is 2.20. The number of hydrogen-bond acceptors (Lipinski definition) is 1. The van der Waals surface area contributed by atoms with E-state index in [2.05, 4.69) is 34.7 Å². The van der Waals surface area contributed by atoms with Crippen LogP contribution < -0.4 is 5.32 Å². The van der Waals surface area contributed by atoms with Crippen molar-refractivity contribution >= 4 is 23.2 Å². The summed E-state index contributed by atoms with van der Waals surface area (Å²) in [7, 11) is 0. The van der Waals surface area contributed by atoms with Crippen molar-refractivity contribution in [3.63, 3.8) is 0 Å². The highest BCUT2D eigenvalue weighted by molar-refractivity contribution is 6.30. The average Bonchev–Trinajstić information content (AvgIpc) is 2.85. The second-order valence-corrected chi connectivity index (χ2v) is 6.62. The molecule has 3 aromatic rings. The van der Waals surface area contributed by atoms with E-state index >= 15 is 0 Å². The Kier molecular flexibility index (Phi) is 5.56. The standard InChI is InChI=1S/C19H19Cl2N3/c1-14-18(12-22-11-15-5-3-2-4-6-15)19(21)24(23-14)13-16-7-9-17(20)10-8-16/h2-10,22H,11-13H2,1H3/p+1. The first-order chi connectivity index (χ1) is 11.6. The van der Waals surface area contributed by atoms with Crippen LogP contribution in [0.1, 0.15) is 22.4 Å². The Morgan fingerprint density at radius 3 is 2.33 bits per heavy atom. The zero-order valence-electron chi connectivity index (χ0n) is 13.5. The number of nitrogens with zero attached hydrogens (tertiary/aromatic N) is 2. The van der Waals surface area contributed by atoms with Crippen molar-refractivity contribution in [1.82, 2.24) is 9.78 Å². The molecule has 0 radical (unpaired) electrons. The Morgan fingerprint density at radius 1 is 0.917 bits per heavy atom. The Labute approximate surface area is 152 Å². The maximum Gasteiger partial charge on any atom is 0.136 e. The van der Waals surface area contributed by atoms with Gasteiger partial charge in [-0.15, -0.1) is 0 Å². The van der Waals surface area contributed by atoms with E-state index in [-0.39, 0.29) is 0 Å². The molecule has 24 heavy (non-hydrogen) atoms. The summed E-state index contributed by atoms with van der Waals surface area (Å²) in [6, 6.07) is 18.2. The van der Waals surface area contributed by atoms with Gasteiger partial charge in [-0.1, -0.05) is 65.7 Å². The first-order valence-electron chi connectivity index (χ1n) is 7.95. The van der Waals surface area contributed by atoms with E-state index in [4.69, 9.17) is 23.2 Å². The second-order valence-electron chi connectivity index (χ2n) is 5.82. The number of nitrogens with two attached hydrogens (primary N) is 1. The summed E-state index contributed by atoms with van der Waals surface area (Å²) in [6.45, 7) is 4.41. The van der Waals surface area contributed by atoms with E-state index in [0.29, 0.717) is 11.7 Å². The molecule has 0 aliphatic heterocycles. The Balaban J connectivity index is 1.66. The van der Waals surface area contributed by atoms with Gasteiger partial charge in [0.15, 0.2) is 0 Å². The second kappa shape index (κ2) is 7.84. The highest BCUT2D eigenvalue weighted by atomic mass is 35.5. The minimum absolute atomic E-state index is 0.648. The van der Waals surface area contributed by atoms with Crippen LogP contribution >= 0.6 is 23.2 Å². The van der Waals surface area contributed by atoms with Gasteiger partial charge in [-0.05, 0) is 24.6 Å². The molecule has 0 unspecified atom stereocenters. The fraction of sp³-hybridized carbons (Fsp3) is 0.211. The summed E-state index contributed by atoms with van der Waals surface area (Å²) in [5.41, 5.74) is 4.52. The van der Waals surface area contributed by atoms with E-state index in [1.807, 2.05) is 41.9 Å². The van der Waals surface area contributed by atoms with Gasteiger partial charge in [0, 0.05) is 10.6 Å². The van der Waals surface area contributed by atoms with Crippen LogP contribution in [0.5, 0.6) is 0 Å². The predicted molar refractivity (Wildman–Crippen MR) is 98.3 cm³/mol. The maximum atomic E-state index is 6.55. The molecule has 5 heteroatoms. The lowest BCUT2D eigenvalue weighted by Crippen LogP contribution is -2.80. The van der Waals surface area contributed by atoms with Crippen LogP contribution in [0, 0.1) is 6.92 Å². The van der Waals surface area contributed by atoms with Crippen molar-refractivity contribution in [1.29, 1.82) is 0 Å². The van der Waals surface area contributed by atoms with Crippen molar-refractivity contribution in [3.05, 3.63) is 87.2 Å². The normalized spacial score (nSPS) is 11.0. The molecule has 0 amide bonds. The number of aryl methyl sites for hydroxylation is 1. The quantitative estimate of drug-likeness (QED) is 0.712. The lowest BCUT2D eigenvalue weighted by atomic mass is 10.2. The van der Waals surface area contributed by atoms with Gasteiger partial charge in [-0.2, -0.15) is 5.10 Å². The summed E-state index contributed by atoms with van der Waals surface area (Å²) in [4.78, 5) is 0. The molecular weight excluding hydrogens is 341 g/mol. The SMILES string of the molecule is Cc1nn(Cc2ccc(Cl)cc2)c(Cl)c1C[NH2+]Cc1ccccc1. The molecule has 1 heterocycles. The van der Waals surface area contributed by atoms with Crippen LogP contribution in [-0.2, 0) is 19.6 Å². The van der Waals surface area contributed by atoms with Crippen LogP contribution in [0.15, 0.2) is 54.6 Å². The number of benzene rings is 2. The minimum atomic E-state index is 0.648.